The van der Waals surface area contributed by atoms with E-state index in [4.69, 9.17) is 4.74 Å². The van der Waals surface area contributed by atoms with Gasteiger partial charge in [-0.15, -0.1) is 11.3 Å². The zero-order valence-electron chi connectivity index (χ0n) is 17.7. The standard InChI is InChI=1S/C24H20FN3O4S/c1-2-32-24(31)21-18-14-33-22(26-19(29)13-8-15-6-4-3-5-7-15)20(18)23(30)28(27-21)17-11-9-16(25)10-12-17/h3-7,9-12,14H,2,8,13H2,1H3,(H,26,29). The number of halogens is 1. The number of ether oxygens (including phenoxy) is 1. The van der Waals surface area contributed by atoms with Crippen molar-refractivity contribution < 1.29 is 18.7 Å². The second kappa shape index (κ2) is 9.74. The fraction of sp³-hybridized carbons (Fsp3) is 0.167. The number of fused-ring (bicyclic) bond motifs is 1. The van der Waals surface area contributed by atoms with Crippen molar-refractivity contribution in [2.45, 2.75) is 19.8 Å². The number of carbonyl (C=O) groups is 2. The minimum Gasteiger partial charge on any atom is -0.461 e. The van der Waals surface area contributed by atoms with Crippen molar-refractivity contribution in [2.75, 3.05) is 11.9 Å². The molecule has 7 nitrogen and oxygen atoms in total. The largest absolute Gasteiger partial charge is 0.461 e. The van der Waals surface area contributed by atoms with Gasteiger partial charge < -0.3 is 10.1 Å². The number of aromatic nitrogens is 2. The van der Waals surface area contributed by atoms with Crippen LogP contribution >= 0.6 is 11.3 Å². The molecule has 168 valence electrons. The van der Waals surface area contributed by atoms with E-state index in [1.165, 1.54) is 24.3 Å². The summed E-state index contributed by atoms with van der Waals surface area (Å²) in [7, 11) is 0. The van der Waals surface area contributed by atoms with Crippen molar-refractivity contribution in [1.82, 2.24) is 9.78 Å². The molecule has 2 aromatic heterocycles. The van der Waals surface area contributed by atoms with Gasteiger partial charge in [-0.2, -0.15) is 9.78 Å². The Morgan fingerprint density at radius 2 is 1.85 bits per heavy atom. The van der Waals surface area contributed by atoms with Gasteiger partial charge in [-0.1, -0.05) is 30.3 Å². The van der Waals surface area contributed by atoms with Gasteiger partial charge in [0.15, 0.2) is 5.69 Å². The van der Waals surface area contributed by atoms with Crippen LogP contribution < -0.4 is 10.9 Å². The van der Waals surface area contributed by atoms with Crippen LogP contribution in [0.25, 0.3) is 16.5 Å². The lowest BCUT2D eigenvalue weighted by molar-refractivity contribution is -0.116. The molecule has 1 N–H and O–H groups in total. The Kier molecular flexibility index (Phi) is 6.60. The first-order valence-corrected chi connectivity index (χ1v) is 11.2. The van der Waals surface area contributed by atoms with Crippen molar-refractivity contribution in [3.63, 3.8) is 0 Å². The van der Waals surface area contributed by atoms with Crippen LogP contribution in [-0.2, 0) is 16.0 Å². The van der Waals surface area contributed by atoms with Crippen LogP contribution in [0.3, 0.4) is 0 Å². The third-order valence-corrected chi connectivity index (χ3v) is 5.82. The van der Waals surface area contributed by atoms with E-state index < -0.39 is 17.3 Å². The number of carbonyl (C=O) groups excluding carboxylic acids is 2. The van der Waals surface area contributed by atoms with Crippen LogP contribution in [-0.4, -0.2) is 28.3 Å². The molecule has 1 amide bonds. The fourth-order valence-electron chi connectivity index (χ4n) is 3.34. The van der Waals surface area contributed by atoms with Crippen molar-refractivity contribution in [3.8, 4) is 5.69 Å². The second-order valence-electron chi connectivity index (χ2n) is 7.15. The minimum absolute atomic E-state index is 0.0585. The maximum Gasteiger partial charge on any atom is 0.359 e. The van der Waals surface area contributed by atoms with E-state index in [0.29, 0.717) is 16.8 Å². The van der Waals surface area contributed by atoms with Gasteiger partial charge in [0.05, 0.1) is 17.7 Å². The molecule has 0 radical (unpaired) electrons. The van der Waals surface area contributed by atoms with Crippen LogP contribution in [0, 0.1) is 5.82 Å². The van der Waals surface area contributed by atoms with Gasteiger partial charge in [-0.25, -0.2) is 9.18 Å². The van der Waals surface area contributed by atoms with Gasteiger partial charge in [0.25, 0.3) is 5.56 Å². The van der Waals surface area contributed by atoms with E-state index in [9.17, 15) is 18.8 Å². The van der Waals surface area contributed by atoms with Crippen molar-refractivity contribution in [3.05, 3.63) is 87.4 Å². The highest BCUT2D eigenvalue weighted by Gasteiger charge is 2.23. The quantitative estimate of drug-likeness (QED) is 0.410. The highest BCUT2D eigenvalue weighted by atomic mass is 32.1. The summed E-state index contributed by atoms with van der Waals surface area (Å²) < 4.78 is 19.5. The summed E-state index contributed by atoms with van der Waals surface area (Å²) in [5.74, 6) is -1.43. The molecule has 0 aliphatic heterocycles. The number of nitrogens with one attached hydrogen (secondary N) is 1. The van der Waals surface area contributed by atoms with Crippen molar-refractivity contribution >= 4 is 39.0 Å². The van der Waals surface area contributed by atoms with Crippen molar-refractivity contribution in [1.29, 1.82) is 0 Å². The van der Waals surface area contributed by atoms with Crippen LogP contribution in [0.2, 0.25) is 0 Å². The van der Waals surface area contributed by atoms with E-state index in [-0.39, 0.29) is 35.7 Å². The van der Waals surface area contributed by atoms with E-state index >= 15 is 0 Å². The third kappa shape index (κ3) is 4.83. The molecule has 0 bridgehead atoms. The van der Waals surface area contributed by atoms with Crippen LogP contribution in [0.4, 0.5) is 9.39 Å². The summed E-state index contributed by atoms with van der Waals surface area (Å²) in [6.07, 6.45) is 0.775. The molecule has 0 saturated heterocycles. The second-order valence-corrected chi connectivity index (χ2v) is 8.03. The van der Waals surface area contributed by atoms with E-state index in [0.717, 1.165) is 21.6 Å². The lowest BCUT2D eigenvalue weighted by atomic mass is 10.1. The average Bonchev–Trinajstić information content (AvgIpc) is 3.23. The average molecular weight is 466 g/mol. The number of hydrogen-bond acceptors (Lipinski definition) is 6. The van der Waals surface area contributed by atoms with Gasteiger partial charge in [-0.05, 0) is 43.2 Å². The highest BCUT2D eigenvalue weighted by Crippen LogP contribution is 2.31. The van der Waals surface area contributed by atoms with Crippen LogP contribution in [0.1, 0.15) is 29.4 Å². The minimum atomic E-state index is -0.696. The number of rotatable bonds is 7. The number of anilines is 1. The summed E-state index contributed by atoms with van der Waals surface area (Å²) in [6.45, 7) is 1.79. The molecule has 0 saturated carbocycles. The van der Waals surface area contributed by atoms with E-state index in [1.54, 1.807) is 12.3 Å². The predicted octanol–water partition coefficient (Wildman–Crippen LogP) is 4.33. The fourth-order valence-corrected chi connectivity index (χ4v) is 4.29. The molecule has 0 aliphatic rings. The molecule has 2 aromatic carbocycles. The van der Waals surface area contributed by atoms with Gasteiger partial charge in [-0.3, -0.25) is 9.59 Å². The van der Waals surface area contributed by atoms with Crippen molar-refractivity contribution in [2.24, 2.45) is 0 Å². The van der Waals surface area contributed by atoms with E-state index in [2.05, 4.69) is 10.4 Å². The Balaban J connectivity index is 1.73. The summed E-state index contributed by atoms with van der Waals surface area (Å²) in [4.78, 5) is 38.4. The Labute approximate surface area is 192 Å². The SMILES string of the molecule is CCOC(=O)c1nn(-c2ccc(F)cc2)c(=O)c2c(NC(=O)CCc3ccccc3)scc12. The molecular weight excluding hydrogens is 445 g/mol. The smallest absolute Gasteiger partial charge is 0.359 e. The van der Waals surface area contributed by atoms with Crippen LogP contribution in [0.5, 0.6) is 0 Å². The lowest BCUT2D eigenvalue weighted by Crippen LogP contribution is -2.25. The Morgan fingerprint density at radius 1 is 1.12 bits per heavy atom. The number of aryl methyl sites for hydroxylation is 1. The predicted molar refractivity (Wildman–Crippen MR) is 125 cm³/mol. The lowest BCUT2D eigenvalue weighted by Gasteiger charge is -2.10. The summed E-state index contributed by atoms with van der Waals surface area (Å²) >= 11 is 1.13. The number of amides is 1. The first-order chi connectivity index (χ1) is 16.0. The Bertz CT molecular complexity index is 1360. The zero-order chi connectivity index (χ0) is 23.4. The third-order valence-electron chi connectivity index (χ3n) is 4.93. The monoisotopic (exact) mass is 465 g/mol. The molecule has 0 atom stereocenters. The maximum absolute atomic E-state index is 13.4. The number of esters is 1. The van der Waals surface area contributed by atoms with E-state index in [1.807, 2.05) is 30.3 Å². The molecular formula is C24H20FN3O4S. The first kappa shape index (κ1) is 22.3. The number of nitrogens with zero attached hydrogens (tertiary/aromatic N) is 2. The normalized spacial score (nSPS) is 10.8. The number of thiophene rings is 1. The number of hydrogen-bond donors (Lipinski definition) is 1. The molecule has 4 rings (SSSR count). The topological polar surface area (TPSA) is 90.3 Å². The molecule has 0 spiro atoms. The maximum atomic E-state index is 13.4. The molecule has 2 heterocycles. The number of benzene rings is 2. The van der Waals surface area contributed by atoms with Gasteiger partial charge in [0.1, 0.15) is 10.8 Å². The molecule has 0 unspecified atom stereocenters. The van der Waals surface area contributed by atoms with Gasteiger partial charge in [0.2, 0.25) is 5.91 Å². The van der Waals surface area contributed by atoms with Gasteiger partial charge in [0, 0.05) is 17.2 Å². The first-order valence-electron chi connectivity index (χ1n) is 10.3. The molecule has 0 aliphatic carbocycles. The summed E-state index contributed by atoms with van der Waals surface area (Å²) in [5.41, 5.74) is 0.707. The Morgan fingerprint density at radius 3 is 2.55 bits per heavy atom. The van der Waals surface area contributed by atoms with Crippen LogP contribution in [0.15, 0.2) is 64.8 Å². The molecule has 4 aromatic rings. The molecule has 9 heteroatoms. The summed E-state index contributed by atoms with van der Waals surface area (Å²) in [6, 6.07) is 14.7. The highest BCUT2D eigenvalue weighted by molar-refractivity contribution is 7.16. The molecule has 0 fully saturated rings. The zero-order valence-corrected chi connectivity index (χ0v) is 18.5. The van der Waals surface area contributed by atoms with Gasteiger partial charge >= 0.3 is 5.97 Å². The summed E-state index contributed by atoms with van der Waals surface area (Å²) in [5, 5.41) is 9.33. The molecule has 33 heavy (non-hydrogen) atoms. The Hall–Kier alpha value is -3.85.